The van der Waals surface area contributed by atoms with Crippen molar-refractivity contribution in [2.75, 3.05) is 0 Å². The third-order valence-corrected chi connectivity index (χ3v) is 27.1. The normalized spacial score (nSPS) is 25.2. The van der Waals surface area contributed by atoms with Crippen LogP contribution in [0.5, 0.6) is 0 Å². The van der Waals surface area contributed by atoms with Gasteiger partial charge < -0.3 is 24.8 Å². The standard InChI is InChI=1S/2C25H23.C6H10.2ClH.Ti/c2*1-2-8-18(9-3-1)21-16-20-12-7-15-24(25(20)17-21)23-14-6-11-19-10-4-5-13-22(19)23;1-2-4-6-5-3-1;;;/h2*4-7,10-18H,1-3,8-9H2;1-2H,3-6H2;2*1H;/q;;;;;+2/p-2. The smallest absolute Gasteiger partial charge is 1.00 e. The fourth-order valence-corrected chi connectivity index (χ4v) is 28.4. The molecule has 0 nitrogen and oxygen atoms in total. The van der Waals surface area contributed by atoms with Gasteiger partial charge in [-0.15, -0.1) is 0 Å². The summed E-state index contributed by atoms with van der Waals surface area (Å²) in [5, 5.41) is 5.50. The van der Waals surface area contributed by atoms with E-state index in [9.17, 15) is 0 Å². The molecule has 0 radical (unpaired) electrons. The molecule has 0 bridgehead atoms. The minimum absolute atomic E-state index is 0. The fourth-order valence-electron chi connectivity index (χ4n) is 14.2. The van der Waals surface area contributed by atoms with Crippen molar-refractivity contribution >= 4 is 33.7 Å². The number of allylic oxidation sites excluding steroid dienone is 2. The number of hydrogen-bond donors (Lipinski definition) is 0. The Labute approximate surface area is 368 Å². The average molecular weight is 848 g/mol. The molecule has 4 fully saturated rings. The number of halogens is 2. The maximum Gasteiger partial charge on any atom is -1.00 e. The van der Waals surface area contributed by atoms with E-state index in [-0.39, 0.29) is 24.8 Å². The summed E-state index contributed by atoms with van der Waals surface area (Å²) >= 11 is -2.88. The van der Waals surface area contributed by atoms with Crippen LogP contribution in [0.2, 0.25) is 8.45 Å². The zero-order chi connectivity index (χ0) is 37.5. The Morgan fingerprint density at radius 1 is 0.356 bits per heavy atom. The van der Waals surface area contributed by atoms with Crippen molar-refractivity contribution in [1.29, 1.82) is 0 Å². The van der Waals surface area contributed by atoms with Crippen LogP contribution >= 0.6 is 0 Å². The zero-order valence-corrected chi connectivity index (χ0v) is 37.4. The average Bonchev–Trinajstić information content (AvgIpc) is 3.53. The van der Waals surface area contributed by atoms with E-state index < -0.39 is 16.6 Å². The van der Waals surface area contributed by atoms with E-state index in [1.54, 1.807) is 22.3 Å². The predicted molar refractivity (Wildman–Crippen MR) is 239 cm³/mol. The molecular formula is C56H56Cl2Ti. The van der Waals surface area contributed by atoms with Crippen molar-refractivity contribution in [2.45, 2.75) is 107 Å². The predicted octanol–water partition coefficient (Wildman–Crippen LogP) is 10.4. The first-order valence-electron chi connectivity index (χ1n) is 23.0. The van der Waals surface area contributed by atoms with Crippen LogP contribution in [-0.2, 0) is 16.6 Å². The second kappa shape index (κ2) is 16.1. The van der Waals surface area contributed by atoms with Crippen molar-refractivity contribution in [1.82, 2.24) is 0 Å². The van der Waals surface area contributed by atoms with Gasteiger partial charge in [-0.3, -0.25) is 0 Å². The Bertz CT molecular complexity index is 2410. The Balaban J connectivity index is 0.00000210. The first-order chi connectivity index (χ1) is 28.3. The number of benzene rings is 6. The number of rotatable bonds is 6. The van der Waals surface area contributed by atoms with Crippen LogP contribution in [-0.4, -0.2) is 0 Å². The molecule has 1 heterocycles. The molecule has 59 heavy (non-hydrogen) atoms. The minimum atomic E-state index is -2.88. The maximum atomic E-state index is 2.86. The van der Waals surface area contributed by atoms with Gasteiger partial charge in [-0.05, 0) is 0 Å². The van der Waals surface area contributed by atoms with Gasteiger partial charge in [0.15, 0.2) is 0 Å². The SMILES string of the molecule is C1=C(C2CCCCC2)[CH]([Ti+2]2([CH]3C(C4CCCCC4)=Cc4c(-c5cccc6ccccc56)cccc43)[CH]3CCCC[CH]32)c2cccc(-c3cccc4ccccc34)c21.[Cl-].[Cl-]. The molecule has 0 amide bonds. The Kier molecular flexibility index (Phi) is 10.9. The molecule has 3 heteroatoms. The Morgan fingerprint density at radius 3 is 1.19 bits per heavy atom. The summed E-state index contributed by atoms with van der Waals surface area (Å²) in [4.78, 5) is 0. The quantitative estimate of drug-likeness (QED) is 0.147. The van der Waals surface area contributed by atoms with Crippen LogP contribution in [0.25, 0.3) is 56.0 Å². The van der Waals surface area contributed by atoms with Crippen molar-refractivity contribution < 1.29 is 41.4 Å². The van der Waals surface area contributed by atoms with Crippen LogP contribution < -0.4 is 24.8 Å². The summed E-state index contributed by atoms with van der Waals surface area (Å²) in [6, 6.07) is 47.5. The molecule has 6 aromatic rings. The fraction of sp³-hybridized carbons (Fsp3) is 0.357. The van der Waals surface area contributed by atoms with Gasteiger partial charge in [-0.25, -0.2) is 0 Å². The van der Waals surface area contributed by atoms with E-state index in [4.69, 9.17) is 0 Å². The summed E-state index contributed by atoms with van der Waals surface area (Å²) in [5.41, 5.74) is 16.3. The molecule has 4 atom stereocenters. The zero-order valence-electron chi connectivity index (χ0n) is 34.3. The summed E-state index contributed by atoms with van der Waals surface area (Å²) in [6.07, 6.45) is 25.6. The van der Waals surface area contributed by atoms with Gasteiger partial charge in [0, 0.05) is 0 Å². The topological polar surface area (TPSA) is 0 Å². The Morgan fingerprint density at radius 2 is 0.729 bits per heavy atom. The second-order valence-corrected chi connectivity index (χ2v) is 26.2. The van der Waals surface area contributed by atoms with Crippen molar-refractivity contribution in [3.63, 3.8) is 0 Å². The van der Waals surface area contributed by atoms with E-state index in [1.807, 2.05) is 11.1 Å². The van der Waals surface area contributed by atoms with Gasteiger partial charge in [-0.2, -0.15) is 0 Å². The molecule has 6 aliphatic rings. The maximum absolute atomic E-state index is 2.88. The van der Waals surface area contributed by atoms with Gasteiger partial charge in [-0.1, -0.05) is 0 Å². The molecule has 0 N–H and O–H groups in total. The van der Waals surface area contributed by atoms with Crippen molar-refractivity contribution in [2.24, 2.45) is 11.8 Å². The first kappa shape index (κ1) is 39.7. The van der Waals surface area contributed by atoms with Gasteiger partial charge in [0.25, 0.3) is 0 Å². The molecular weight excluding hydrogens is 791 g/mol. The van der Waals surface area contributed by atoms with Gasteiger partial charge in [0.1, 0.15) is 0 Å². The van der Waals surface area contributed by atoms with Crippen LogP contribution in [0.1, 0.15) is 121 Å². The Hall–Kier alpha value is -3.39. The van der Waals surface area contributed by atoms with Crippen LogP contribution in [0.3, 0.4) is 0 Å². The minimum Gasteiger partial charge on any atom is -1.00 e. The van der Waals surface area contributed by atoms with Gasteiger partial charge in [0.2, 0.25) is 0 Å². The first-order valence-corrected chi connectivity index (χ1v) is 26.6. The van der Waals surface area contributed by atoms with Gasteiger partial charge in [0.05, 0.1) is 0 Å². The van der Waals surface area contributed by atoms with E-state index in [1.165, 1.54) is 134 Å². The molecule has 1 aliphatic heterocycles. The molecule has 12 rings (SSSR count). The van der Waals surface area contributed by atoms with E-state index in [0.29, 0.717) is 8.45 Å². The summed E-state index contributed by atoms with van der Waals surface area (Å²) in [6.45, 7) is 0. The summed E-state index contributed by atoms with van der Waals surface area (Å²) in [5.74, 6) is 1.48. The number of hydrogen-bond acceptors (Lipinski definition) is 0. The van der Waals surface area contributed by atoms with Crippen molar-refractivity contribution in [3.8, 4) is 22.3 Å². The molecule has 0 spiro atoms. The van der Waals surface area contributed by atoms with Crippen LogP contribution in [0.15, 0.2) is 132 Å². The van der Waals surface area contributed by atoms with Crippen molar-refractivity contribution in [3.05, 3.63) is 155 Å². The van der Waals surface area contributed by atoms with Crippen LogP contribution in [0.4, 0.5) is 0 Å². The molecule has 1 saturated heterocycles. The second-order valence-electron chi connectivity index (χ2n) is 19.0. The molecule has 5 aliphatic carbocycles. The monoisotopic (exact) mass is 846 g/mol. The third kappa shape index (κ3) is 6.24. The molecule has 298 valence electrons. The third-order valence-electron chi connectivity index (χ3n) is 16.4. The molecule has 0 aromatic heterocycles. The largest absolute Gasteiger partial charge is 1.00 e. The molecule has 4 unspecified atom stereocenters. The van der Waals surface area contributed by atoms with Crippen LogP contribution in [0, 0.1) is 11.8 Å². The van der Waals surface area contributed by atoms with E-state index >= 15 is 0 Å². The summed E-state index contributed by atoms with van der Waals surface area (Å²) < 4.78 is 3.31. The van der Waals surface area contributed by atoms with Gasteiger partial charge >= 0.3 is 346 Å². The molecule has 3 saturated carbocycles. The van der Waals surface area contributed by atoms with E-state index in [2.05, 4.69) is 133 Å². The molecule has 6 aromatic carbocycles. The van der Waals surface area contributed by atoms with E-state index in [0.717, 1.165) is 20.3 Å². The summed E-state index contributed by atoms with van der Waals surface area (Å²) in [7, 11) is 0. The number of fused-ring (bicyclic) bond motifs is 5.